The summed E-state index contributed by atoms with van der Waals surface area (Å²) in [4.78, 5) is 27.6. The molecule has 5 nitrogen and oxygen atoms in total. The zero-order chi connectivity index (χ0) is 18.7. The second kappa shape index (κ2) is 12.7. The summed E-state index contributed by atoms with van der Waals surface area (Å²) in [6, 6.07) is -0.998. The molecule has 1 N–H and O–H groups in total. The molecule has 0 fully saturated rings. The lowest BCUT2D eigenvalue weighted by Gasteiger charge is -2.38. The number of carboxylic acids is 1. The molecule has 144 valence electrons. The van der Waals surface area contributed by atoms with E-state index in [-0.39, 0.29) is 6.03 Å². The van der Waals surface area contributed by atoms with E-state index < -0.39 is 12.0 Å². The first-order valence-corrected chi connectivity index (χ1v) is 11.4. The number of halogens is 2. The summed E-state index contributed by atoms with van der Waals surface area (Å²) in [5.41, 5.74) is 0.758. The first-order chi connectivity index (χ1) is 12.0. The molecule has 7 heteroatoms. The summed E-state index contributed by atoms with van der Waals surface area (Å²) in [5.74, 6) is -0.954. The summed E-state index contributed by atoms with van der Waals surface area (Å²) in [6.07, 6.45) is 10.1. The van der Waals surface area contributed by atoms with Gasteiger partial charge >= 0.3 is 12.0 Å². The summed E-state index contributed by atoms with van der Waals surface area (Å²) >= 11 is 6.84. The van der Waals surface area contributed by atoms with Gasteiger partial charge in [-0.05, 0) is 38.7 Å². The van der Waals surface area contributed by atoms with Crippen molar-refractivity contribution in [2.45, 2.75) is 64.3 Å². The Balaban J connectivity index is 2.63. The van der Waals surface area contributed by atoms with Crippen LogP contribution >= 0.6 is 31.9 Å². The molecule has 0 bridgehead atoms. The van der Waals surface area contributed by atoms with Crippen molar-refractivity contribution in [3.05, 3.63) is 11.8 Å². The highest BCUT2D eigenvalue weighted by Crippen LogP contribution is 2.22. The lowest BCUT2D eigenvalue weighted by atomic mass is 10.1. The predicted octanol–water partition coefficient (Wildman–Crippen LogP) is 4.99. The highest BCUT2D eigenvalue weighted by Gasteiger charge is 2.35. The van der Waals surface area contributed by atoms with Crippen LogP contribution in [0, 0.1) is 0 Å². The van der Waals surface area contributed by atoms with Crippen molar-refractivity contribution >= 4 is 43.9 Å². The zero-order valence-electron chi connectivity index (χ0n) is 15.1. The van der Waals surface area contributed by atoms with Gasteiger partial charge in [-0.3, -0.25) is 4.90 Å². The molecule has 1 aliphatic rings. The Morgan fingerprint density at radius 3 is 2.04 bits per heavy atom. The van der Waals surface area contributed by atoms with Crippen LogP contribution in [0.2, 0.25) is 0 Å². The number of alkyl halides is 2. The second-order valence-corrected chi connectivity index (χ2v) is 8.01. The van der Waals surface area contributed by atoms with Crippen molar-refractivity contribution in [2.24, 2.45) is 0 Å². The fourth-order valence-corrected chi connectivity index (χ4v) is 3.79. The average Bonchev–Trinajstić information content (AvgIpc) is 2.58. The van der Waals surface area contributed by atoms with E-state index in [1.807, 2.05) is 6.92 Å². The quantitative estimate of drug-likeness (QED) is 0.297. The molecule has 1 heterocycles. The Hall–Kier alpha value is -0.560. The van der Waals surface area contributed by atoms with Gasteiger partial charge in [0.15, 0.2) is 6.04 Å². The molecule has 0 aliphatic carbocycles. The zero-order valence-corrected chi connectivity index (χ0v) is 18.2. The number of allylic oxidation sites excluding steroid dienone is 1. The van der Waals surface area contributed by atoms with Crippen LogP contribution < -0.4 is 0 Å². The van der Waals surface area contributed by atoms with Crippen LogP contribution in [0.1, 0.15) is 58.3 Å². The van der Waals surface area contributed by atoms with Crippen LogP contribution in [-0.4, -0.2) is 56.7 Å². The molecule has 1 atom stereocenters. The number of nitrogens with zero attached hydrogens (tertiary/aromatic N) is 2. The Bertz CT molecular complexity index is 458. The number of urea groups is 1. The lowest BCUT2D eigenvalue weighted by Crippen LogP contribution is -2.54. The maximum atomic E-state index is 12.8. The van der Waals surface area contributed by atoms with E-state index in [4.69, 9.17) is 0 Å². The smallest absolute Gasteiger partial charge is 0.330 e. The van der Waals surface area contributed by atoms with Crippen molar-refractivity contribution in [2.75, 3.05) is 23.7 Å². The molecule has 0 aromatic heterocycles. The van der Waals surface area contributed by atoms with Gasteiger partial charge in [0, 0.05) is 29.4 Å². The van der Waals surface area contributed by atoms with Crippen LogP contribution in [-0.2, 0) is 4.79 Å². The van der Waals surface area contributed by atoms with Gasteiger partial charge in [0.2, 0.25) is 0 Å². The standard InChI is InChI=1S/C18H30Br2N2O3/c1-15-14-16(17(23)24)22(13-9-5-3-7-11-20)18(25)21(15)12-8-4-2-6-10-19/h14,16H,2-13H2,1H3,(H,23,24). The Kier molecular flexibility index (Phi) is 11.5. The molecule has 0 aromatic carbocycles. The molecule has 1 rings (SSSR count). The third-order valence-corrected chi connectivity index (χ3v) is 5.56. The SMILES string of the molecule is CC1=CC(C(=O)O)N(CCCCCCBr)C(=O)N1CCCCCCBr. The van der Waals surface area contributed by atoms with Gasteiger partial charge in [-0.15, -0.1) is 0 Å². The molecule has 0 spiro atoms. The van der Waals surface area contributed by atoms with E-state index in [1.165, 1.54) is 4.90 Å². The average molecular weight is 482 g/mol. The van der Waals surface area contributed by atoms with E-state index in [0.29, 0.717) is 13.1 Å². The number of unbranched alkanes of at least 4 members (excludes halogenated alkanes) is 6. The molecule has 1 aliphatic heterocycles. The van der Waals surface area contributed by atoms with E-state index >= 15 is 0 Å². The summed E-state index contributed by atoms with van der Waals surface area (Å²) in [6.45, 7) is 3.00. The molecule has 2 amide bonds. The van der Waals surface area contributed by atoms with E-state index in [2.05, 4.69) is 31.9 Å². The first-order valence-electron chi connectivity index (χ1n) is 9.14. The monoisotopic (exact) mass is 480 g/mol. The van der Waals surface area contributed by atoms with E-state index in [1.54, 1.807) is 11.0 Å². The third kappa shape index (κ3) is 7.69. The highest BCUT2D eigenvalue weighted by molar-refractivity contribution is 9.09. The Labute approximate surface area is 168 Å². The summed E-state index contributed by atoms with van der Waals surface area (Å²) < 4.78 is 0. The van der Waals surface area contributed by atoms with Gasteiger partial charge in [-0.25, -0.2) is 9.59 Å². The number of carbonyl (C=O) groups excluding carboxylic acids is 1. The second-order valence-electron chi connectivity index (χ2n) is 6.43. The predicted molar refractivity (Wildman–Crippen MR) is 109 cm³/mol. The minimum Gasteiger partial charge on any atom is -0.479 e. The number of aliphatic carboxylic acids is 1. The minimum absolute atomic E-state index is 0.159. The largest absolute Gasteiger partial charge is 0.479 e. The van der Waals surface area contributed by atoms with Crippen molar-refractivity contribution in [3.8, 4) is 0 Å². The van der Waals surface area contributed by atoms with Gasteiger partial charge in [0.1, 0.15) is 0 Å². The van der Waals surface area contributed by atoms with Gasteiger partial charge in [0.05, 0.1) is 0 Å². The van der Waals surface area contributed by atoms with Crippen LogP contribution in [0.4, 0.5) is 4.79 Å². The fourth-order valence-electron chi connectivity index (χ4n) is 2.99. The summed E-state index contributed by atoms with van der Waals surface area (Å²) in [5, 5.41) is 11.5. The Morgan fingerprint density at radius 2 is 1.52 bits per heavy atom. The minimum atomic E-state index is -0.954. The van der Waals surface area contributed by atoms with E-state index in [9.17, 15) is 14.7 Å². The molecule has 0 saturated heterocycles. The first kappa shape index (κ1) is 22.5. The maximum absolute atomic E-state index is 12.8. The highest BCUT2D eigenvalue weighted by atomic mass is 79.9. The molecule has 0 saturated carbocycles. The summed E-state index contributed by atoms with van der Waals surface area (Å²) in [7, 11) is 0. The van der Waals surface area contributed by atoms with Crippen LogP contribution in [0.3, 0.4) is 0 Å². The molecular weight excluding hydrogens is 452 g/mol. The number of hydrogen-bond acceptors (Lipinski definition) is 2. The molecule has 0 radical (unpaired) electrons. The number of carboxylic acid groups (broad SMARTS) is 1. The van der Waals surface area contributed by atoms with Gasteiger partial charge in [-0.1, -0.05) is 57.5 Å². The maximum Gasteiger partial charge on any atom is 0.330 e. The van der Waals surface area contributed by atoms with Gasteiger partial charge < -0.3 is 10.0 Å². The number of carbonyl (C=O) groups is 2. The van der Waals surface area contributed by atoms with Crippen molar-refractivity contribution < 1.29 is 14.7 Å². The molecular formula is C18H30Br2N2O3. The molecule has 0 aromatic rings. The number of hydrogen-bond donors (Lipinski definition) is 1. The number of amides is 2. The van der Waals surface area contributed by atoms with E-state index in [0.717, 1.165) is 67.7 Å². The van der Waals surface area contributed by atoms with Crippen LogP contribution in [0.15, 0.2) is 11.8 Å². The lowest BCUT2D eigenvalue weighted by molar-refractivity contribution is -0.140. The third-order valence-electron chi connectivity index (χ3n) is 4.44. The molecule has 25 heavy (non-hydrogen) atoms. The van der Waals surface area contributed by atoms with Gasteiger partial charge in [0.25, 0.3) is 0 Å². The topological polar surface area (TPSA) is 60.9 Å². The van der Waals surface area contributed by atoms with Crippen molar-refractivity contribution in [3.63, 3.8) is 0 Å². The van der Waals surface area contributed by atoms with Crippen molar-refractivity contribution in [1.29, 1.82) is 0 Å². The fraction of sp³-hybridized carbons (Fsp3) is 0.778. The van der Waals surface area contributed by atoms with Crippen LogP contribution in [0.5, 0.6) is 0 Å². The van der Waals surface area contributed by atoms with Crippen LogP contribution in [0.25, 0.3) is 0 Å². The van der Waals surface area contributed by atoms with Crippen molar-refractivity contribution in [1.82, 2.24) is 9.80 Å². The van der Waals surface area contributed by atoms with Gasteiger partial charge in [-0.2, -0.15) is 0 Å². The number of rotatable bonds is 13. The Morgan fingerprint density at radius 1 is 1.00 bits per heavy atom. The normalized spacial score (nSPS) is 17.8. The molecule has 1 unspecified atom stereocenters.